The van der Waals surface area contributed by atoms with Crippen LogP contribution in [0.25, 0.3) is 0 Å². The van der Waals surface area contributed by atoms with Gasteiger partial charge in [-0.1, -0.05) is 6.07 Å². The highest BCUT2D eigenvalue weighted by Gasteiger charge is 2.08. The Morgan fingerprint density at radius 2 is 2.00 bits per heavy atom. The normalized spacial score (nSPS) is 9.42. The summed E-state index contributed by atoms with van der Waals surface area (Å²) in [5.74, 6) is -0.259. The molecule has 4 N–H and O–H groups in total. The van der Waals surface area contributed by atoms with Crippen molar-refractivity contribution in [2.45, 2.75) is 19.8 Å². The lowest BCUT2D eigenvalue weighted by Gasteiger charge is -2.10. The Balaban J connectivity index is 0.00000324. The first-order valence-electron chi connectivity index (χ1n) is 5.91. The summed E-state index contributed by atoms with van der Waals surface area (Å²) in [6, 6.07) is 5.21. The van der Waals surface area contributed by atoms with Gasteiger partial charge in [0.25, 0.3) is 5.91 Å². The van der Waals surface area contributed by atoms with Crippen LogP contribution >= 0.6 is 12.4 Å². The van der Waals surface area contributed by atoms with Crippen LogP contribution in [0.2, 0.25) is 0 Å². The van der Waals surface area contributed by atoms with Crippen molar-refractivity contribution in [2.24, 2.45) is 5.73 Å². The summed E-state index contributed by atoms with van der Waals surface area (Å²) in [5.41, 5.74) is 7.46. The number of aryl methyl sites for hydroxylation is 1. The molecule has 0 radical (unpaired) electrons. The Kier molecular flexibility index (Phi) is 7.79. The second kappa shape index (κ2) is 8.50. The molecule has 0 saturated heterocycles. The molecule has 2 amide bonds. The zero-order valence-electron chi connectivity index (χ0n) is 11.2. The largest absolute Gasteiger partial charge is 0.355 e. The average molecular weight is 286 g/mol. The maximum atomic E-state index is 11.6. The molecule has 0 aromatic heterocycles. The molecule has 5 nitrogen and oxygen atoms in total. The van der Waals surface area contributed by atoms with E-state index in [1.54, 1.807) is 19.2 Å². The summed E-state index contributed by atoms with van der Waals surface area (Å²) in [6.45, 7) is 2.37. The van der Waals surface area contributed by atoms with Crippen LogP contribution in [0, 0.1) is 6.92 Å². The third-order valence-corrected chi connectivity index (χ3v) is 2.61. The highest BCUT2D eigenvalue weighted by Crippen LogP contribution is 2.17. The average Bonchev–Trinajstić information content (AvgIpc) is 2.38. The number of benzene rings is 1. The molecule has 0 aliphatic rings. The van der Waals surface area contributed by atoms with Crippen LogP contribution in [0.1, 0.15) is 28.8 Å². The number of rotatable bonds is 5. The number of hydrogen-bond donors (Lipinski definition) is 3. The van der Waals surface area contributed by atoms with Crippen molar-refractivity contribution in [3.63, 3.8) is 0 Å². The van der Waals surface area contributed by atoms with E-state index >= 15 is 0 Å². The van der Waals surface area contributed by atoms with Gasteiger partial charge in [0, 0.05) is 24.7 Å². The van der Waals surface area contributed by atoms with Crippen molar-refractivity contribution in [2.75, 3.05) is 18.9 Å². The van der Waals surface area contributed by atoms with Gasteiger partial charge in [0.15, 0.2) is 0 Å². The zero-order chi connectivity index (χ0) is 13.5. The maximum absolute atomic E-state index is 11.6. The fraction of sp³-hybridized carbons (Fsp3) is 0.385. The lowest BCUT2D eigenvalue weighted by atomic mass is 10.1. The predicted molar refractivity (Wildman–Crippen MR) is 78.7 cm³/mol. The van der Waals surface area contributed by atoms with Gasteiger partial charge < -0.3 is 16.4 Å². The number of nitrogens with two attached hydrogens (primary N) is 1. The van der Waals surface area contributed by atoms with Gasteiger partial charge >= 0.3 is 0 Å². The van der Waals surface area contributed by atoms with Crippen LogP contribution in [0.3, 0.4) is 0 Å². The Hall–Kier alpha value is -1.59. The van der Waals surface area contributed by atoms with Crippen molar-refractivity contribution in [3.8, 4) is 0 Å². The Bertz CT molecular complexity index is 450. The predicted octanol–water partition coefficient (Wildman–Crippen LogP) is 1.45. The molecular weight excluding hydrogens is 266 g/mol. The minimum absolute atomic E-state index is 0. The van der Waals surface area contributed by atoms with Gasteiger partial charge in [0.1, 0.15) is 0 Å². The van der Waals surface area contributed by atoms with Gasteiger partial charge in [-0.15, -0.1) is 12.4 Å². The van der Waals surface area contributed by atoms with Crippen LogP contribution in [0.4, 0.5) is 5.69 Å². The van der Waals surface area contributed by atoms with E-state index in [1.165, 1.54) is 0 Å². The van der Waals surface area contributed by atoms with E-state index in [9.17, 15) is 9.59 Å². The topological polar surface area (TPSA) is 84.2 Å². The molecule has 106 valence electrons. The number of nitrogens with one attached hydrogen (secondary N) is 2. The molecule has 6 heteroatoms. The van der Waals surface area contributed by atoms with E-state index in [0.717, 1.165) is 5.56 Å². The summed E-state index contributed by atoms with van der Waals surface area (Å²) < 4.78 is 0. The second-order valence-electron chi connectivity index (χ2n) is 4.05. The van der Waals surface area contributed by atoms with Crippen molar-refractivity contribution >= 4 is 29.9 Å². The first kappa shape index (κ1) is 17.4. The second-order valence-corrected chi connectivity index (χ2v) is 4.05. The van der Waals surface area contributed by atoms with Gasteiger partial charge in [-0.05, 0) is 37.6 Å². The summed E-state index contributed by atoms with van der Waals surface area (Å²) in [4.78, 5) is 23.1. The van der Waals surface area contributed by atoms with E-state index < -0.39 is 0 Å². The monoisotopic (exact) mass is 285 g/mol. The van der Waals surface area contributed by atoms with Gasteiger partial charge in [0.05, 0.1) is 0 Å². The molecule has 1 aromatic carbocycles. The fourth-order valence-corrected chi connectivity index (χ4v) is 1.52. The molecule has 0 aliphatic carbocycles. The highest BCUT2D eigenvalue weighted by atomic mass is 35.5. The van der Waals surface area contributed by atoms with E-state index in [0.29, 0.717) is 30.6 Å². The molecule has 1 aromatic rings. The molecule has 0 atom stereocenters. The van der Waals surface area contributed by atoms with E-state index in [-0.39, 0.29) is 24.2 Å². The highest BCUT2D eigenvalue weighted by molar-refractivity contribution is 5.97. The van der Waals surface area contributed by atoms with Crippen molar-refractivity contribution < 1.29 is 9.59 Å². The van der Waals surface area contributed by atoms with Crippen LogP contribution in [0.15, 0.2) is 18.2 Å². The number of halogens is 1. The number of hydrogen-bond acceptors (Lipinski definition) is 3. The van der Waals surface area contributed by atoms with Gasteiger partial charge in [-0.3, -0.25) is 9.59 Å². The third kappa shape index (κ3) is 5.28. The van der Waals surface area contributed by atoms with Gasteiger partial charge in [0.2, 0.25) is 5.91 Å². The first-order chi connectivity index (χ1) is 8.58. The summed E-state index contributed by atoms with van der Waals surface area (Å²) >= 11 is 0. The van der Waals surface area contributed by atoms with E-state index in [1.807, 2.05) is 13.0 Å². The molecule has 1 rings (SSSR count). The fourth-order valence-electron chi connectivity index (χ4n) is 1.52. The standard InChI is InChI=1S/C13H19N3O2.ClH/c1-9-5-6-10(13(18)15-2)8-11(9)16-12(17)4-3-7-14;/h5-6,8H,3-4,7,14H2,1-2H3,(H,15,18)(H,16,17);1H. The maximum Gasteiger partial charge on any atom is 0.251 e. The summed E-state index contributed by atoms with van der Waals surface area (Å²) in [5, 5.41) is 5.34. The molecule has 0 heterocycles. The quantitative estimate of drug-likeness (QED) is 0.766. The number of carbonyl (C=O) groups is 2. The van der Waals surface area contributed by atoms with Crippen molar-refractivity contribution in [1.29, 1.82) is 0 Å². The number of anilines is 1. The van der Waals surface area contributed by atoms with E-state index in [2.05, 4.69) is 10.6 Å². The number of carbonyl (C=O) groups excluding carboxylic acids is 2. The zero-order valence-corrected chi connectivity index (χ0v) is 12.0. The molecule has 0 bridgehead atoms. The minimum Gasteiger partial charge on any atom is -0.355 e. The van der Waals surface area contributed by atoms with Crippen LogP contribution < -0.4 is 16.4 Å². The Labute approximate surface area is 119 Å². The Morgan fingerprint density at radius 3 is 2.58 bits per heavy atom. The molecule has 19 heavy (non-hydrogen) atoms. The minimum atomic E-state index is -0.174. The molecule has 0 spiro atoms. The van der Waals surface area contributed by atoms with Crippen molar-refractivity contribution in [1.82, 2.24) is 5.32 Å². The van der Waals surface area contributed by atoms with Crippen LogP contribution in [-0.4, -0.2) is 25.4 Å². The summed E-state index contributed by atoms with van der Waals surface area (Å²) in [6.07, 6.45) is 1.04. The van der Waals surface area contributed by atoms with E-state index in [4.69, 9.17) is 5.73 Å². The molecular formula is C13H20ClN3O2. The molecule has 0 fully saturated rings. The first-order valence-corrected chi connectivity index (χ1v) is 5.91. The number of amides is 2. The van der Waals surface area contributed by atoms with Crippen LogP contribution in [-0.2, 0) is 4.79 Å². The lowest BCUT2D eigenvalue weighted by molar-refractivity contribution is -0.116. The third-order valence-electron chi connectivity index (χ3n) is 2.61. The SMILES string of the molecule is CNC(=O)c1ccc(C)c(NC(=O)CCCN)c1.Cl. The Morgan fingerprint density at radius 1 is 1.32 bits per heavy atom. The lowest BCUT2D eigenvalue weighted by Crippen LogP contribution is -2.19. The van der Waals surface area contributed by atoms with Gasteiger partial charge in [-0.25, -0.2) is 0 Å². The molecule has 0 unspecified atom stereocenters. The van der Waals surface area contributed by atoms with Crippen LogP contribution in [0.5, 0.6) is 0 Å². The van der Waals surface area contributed by atoms with Gasteiger partial charge in [-0.2, -0.15) is 0 Å². The summed E-state index contributed by atoms with van der Waals surface area (Å²) in [7, 11) is 1.57. The smallest absolute Gasteiger partial charge is 0.251 e. The molecule has 0 saturated carbocycles. The van der Waals surface area contributed by atoms with Crippen molar-refractivity contribution in [3.05, 3.63) is 29.3 Å². The molecule has 0 aliphatic heterocycles.